The van der Waals surface area contributed by atoms with Crippen LogP contribution in [-0.2, 0) is 9.53 Å². The van der Waals surface area contributed by atoms with Gasteiger partial charge in [-0.2, -0.15) is 0 Å². The standard InChI is InChI=1S/C17H27N3O4/c1-2-3-4-6-9-17(21)24-13-8-5-7-12-18-16-11-10-15(14-19-16)20(22)23/h10-11,14H,2-9,12-13H2,1H3,(H,18,19). The molecule has 7 nitrogen and oxygen atoms in total. The van der Waals surface area contributed by atoms with E-state index in [1.54, 1.807) is 6.07 Å². The van der Waals surface area contributed by atoms with Gasteiger partial charge in [-0.05, 0) is 31.7 Å². The van der Waals surface area contributed by atoms with E-state index in [0.717, 1.165) is 38.6 Å². The van der Waals surface area contributed by atoms with Gasteiger partial charge >= 0.3 is 5.97 Å². The largest absolute Gasteiger partial charge is 0.466 e. The molecule has 1 aromatic heterocycles. The van der Waals surface area contributed by atoms with Crippen LogP contribution >= 0.6 is 0 Å². The summed E-state index contributed by atoms with van der Waals surface area (Å²) in [7, 11) is 0. The molecule has 1 rings (SSSR count). The highest BCUT2D eigenvalue weighted by Crippen LogP contribution is 2.12. The smallest absolute Gasteiger partial charge is 0.305 e. The van der Waals surface area contributed by atoms with Gasteiger partial charge in [0.2, 0.25) is 0 Å². The van der Waals surface area contributed by atoms with E-state index in [4.69, 9.17) is 4.74 Å². The number of esters is 1. The minimum Gasteiger partial charge on any atom is -0.466 e. The van der Waals surface area contributed by atoms with Gasteiger partial charge in [0.1, 0.15) is 12.0 Å². The second-order valence-electron chi connectivity index (χ2n) is 5.68. The zero-order valence-electron chi connectivity index (χ0n) is 14.3. The van der Waals surface area contributed by atoms with E-state index in [0.29, 0.717) is 18.8 Å². The van der Waals surface area contributed by atoms with Crippen molar-refractivity contribution < 1.29 is 14.5 Å². The number of carbonyl (C=O) groups excluding carboxylic acids is 1. The third-order valence-corrected chi connectivity index (χ3v) is 3.58. The van der Waals surface area contributed by atoms with E-state index in [1.807, 2.05) is 0 Å². The number of aromatic nitrogens is 1. The van der Waals surface area contributed by atoms with Crippen molar-refractivity contribution in [2.45, 2.75) is 58.3 Å². The first-order chi connectivity index (χ1) is 11.6. The summed E-state index contributed by atoms with van der Waals surface area (Å²) in [6.07, 6.45) is 8.82. The molecule has 0 aliphatic carbocycles. The number of rotatable bonds is 13. The van der Waals surface area contributed by atoms with Crippen molar-refractivity contribution in [2.75, 3.05) is 18.5 Å². The first kappa shape index (κ1) is 19.9. The number of nitro groups is 1. The molecule has 0 atom stereocenters. The Kier molecular flexibility index (Phi) is 10.2. The van der Waals surface area contributed by atoms with Crippen LogP contribution in [-0.4, -0.2) is 29.0 Å². The maximum atomic E-state index is 11.5. The summed E-state index contributed by atoms with van der Waals surface area (Å²) in [6, 6.07) is 3.02. The molecule has 0 saturated carbocycles. The van der Waals surface area contributed by atoms with Crippen LogP contribution < -0.4 is 5.32 Å². The lowest BCUT2D eigenvalue weighted by Gasteiger charge is -2.06. The second kappa shape index (κ2) is 12.3. The fraction of sp³-hybridized carbons (Fsp3) is 0.647. The lowest BCUT2D eigenvalue weighted by molar-refractivity contribution is -0.385. The maximum Gasteiger partial charge on any atom is 0.305 e. The van der Waals surface area contributed by atoms with E-state index in [-0.39, 0.29) is 11.7 Å². The molecule has 0 aromatic carbocycles. The summed E-state index contributed by atoms with van der Waals surface area (Å²) in [5.74, 6) is 0.526. The van der Waals surface area contributed by atoms with Crippen LogP contribution in [0.1, 0.15) is 58.3 Å². The third-order valence-electron chi connectivity index (χ3n) is 3.58. The van der Waals surface area contributed by atoms with Crippen molar-refractivity contribution in [3.8, 4) is 0 Å². The quantitative estimate of drug-likeness (QED) is 0.252. The normalized spacial score (nSPS) is 10.4. The minimum absolute atomic E-state index is 0.0166. The minimum atomic E-state index is -0.470. The summed E-state index contributed by atoms with van der Waals surface area (Å²) in [4.78, 5) is 25.5. The van der Waals surface area contributed by atoms with Gasteiger partial charge in [-0.15, -0.1) is 0 Å². The zero-order chi connectivity index (χ0) is 17.6. The summed E-state index contributed by atoms with van der Waals surface area (Å²) < 4.78 is 5.19. The Morgan fingerprint density at radius 2 is 2.00 bits per heavy atom. The number of anilines is 1. The molecule has 0 spiro atoms. The van der Waals surface area contributed by atoms with Gasteiger partial charge < -0.3 is 10.1 Å². The molecule has 0 radical (unpaired) electrons. The second-order valence-corrected chi connectivity index (χ2v) is 5.68. The molecule has 1 aromatic rings. The fourth-order valence-electron chi connectivity index (χ4n) is 2.17. The molecular weight excluding hydrogens is 310 g/mol. The fourth-order valence-corrected chi connectivity index (χ4v) is 2.17. The molecule has 134 valence electrons. The number of unbranched alkanes of at least 4 members (excludes halogenated alkanes) is 5. The Morgan fingerprint density at radius 3 is 2.67 bits per heavy atom. The van der Waals surface area contributed by atoms with Gasteiger partial charge in [0.25, 0.3) is 5.69 Å². The van der Waals surface area contributed by atoms with Crippen LogP contribution in [0.4, 0.5) is 11.5 Å². The topological polar surface area (TPSA) is 94.4 Å². The highest BCUT2D eigenvalue weighted by Gasteiger charge is 2.05. The number of ether oxygens (including phenoxy) is 1. The van der Waals surface area contributed by atoms with Crippen molar-refractivity contribution in [1.82, 2.24) is 4.98 Å². The van der Waals surface area contributed by atoms with Crippen LogP contribution in [0.25, 0.3) is 0 Å². The van der Waals surface area contributed by atoms with Gasteiger partial charge in [0, 0.05) is 19.0 Å². The van der Waals surface area contributed by atoms with Crippen molar-refractivity contribution >= 4 is 17.5 Å². The number of hydrogen-bond donors (Lipinski definition) is 1. The SMILES string of the molecule is CCCCCCC(=O)OCCCCCNc1ccc([N+](=O)[O-])cn1. The third kappa shape index (κ3) is 9.07. The van der Waals surface area contributed by atoms with Crippen LogP contribution in [0, 0.1) is 10.1 Å². The predicted molar refractivity (Wildman–Crippen MR) is 93.0 cm³/mol. The number of pyridine rings is 1. The summed E-state index contributed by atoms with van der Waals surface area (Å²) >= 11 is 0. The van der Waals surface area contributed by atoms with E-state index in [1.165, 1.54) is 25.1 Å². The Morgan fingerprint density at radius 1 is 1.21 bits per heavy atom. The van der Waals surface area contributed by atoms with E-state index >= 15 is 0 Å². The summed E-state index contributed by atoms with van der Waals surface area (Å²) in [5.41, 5.74) is -0.0166. The number of nitrogens with zero attached hydrogens (tertiary/aromatic N) is 2. The molecule has 0 aliphatic heterocycles. The van der Waals surface area contributed by atoms with Crippen molar-refractivity contribution in [3.05, 3.63) is 28.4 Å². The van der Waals surface area contributed by atoms with Crippen LogP contribution in [0.3, 0.4) is 0 Å². The molecule has 24 heavy (non-hydrogen) atoms. The van der Waals surface area contributed by atoms with Crippen LogP contribution in [0.2, 0.25) is 0 Å². The molecule has 0 aliphatic rings. The van der Waals surface area contributed by atoms with Gasteiger partial charge in [-0.3, -0.25) is 14.9 Å². The Labute approximate surface area is 143 Å². The van der Waals surface area contributed by atoms with E-state index < -0.39 is 4.92 Å². The molecular formula is C17H27N3O4. The molecule has 0 unspecified atom stereocenters. The lowest BCUT2D eigenvalue weighted by Crippen LogP contribution is -2.07. The summed E-state index contributed by atoms with van der Waals surface area (Å²) in [6.45, 7) is 3.35. The Balaban J connectivity index is 1.98. The monoisotopic (exact) mass is 337 g/mol. The van der Waals surface area contributed by atoms with Gasteiger partial charge in [-0.1, -0.05) is 26.2 Å². The zero-order valence-corrected chi connectivity index (χ0v) is 14.3. The molecule has 1 heterocycles. The number of carbonyl (C=O) groups is 1. The molecule has 0 saturated heterocycles. The van der Waals surface area contributed by atoms with Crippen molar-refractivity contribution in [2.24, 2.45) is 0 Å². The Hall–Kier alpha value is -2.18. The molecule has 0 amide bonds. The van der Waals surface area contributed by atoms with Crippen LogP contribution in [0.5, 0.6) is 0 Å². The van der Waals surface area contributed by atoms with Crippen molar-refractivity contribution in [3.63, 3.8) is 0 Å². The highest BCUT2D eigenvalue weighted by molar-refractivity contribution is 5.69. The van der Waals surface area contributed by atoms with E-state index in [9.17, 15) is 14.9 Å². The molecule has 1 N–H and O–H groups in total. The average molecular weight is 337 g/mol. The van der Waals surface area contributed by atoms with Crippen LogP contribution in [0.15, 0.2) is 18.3 Å². The number of nitrogens with one attached hydrogen (secondary N) is 1. The summed E-state index contributed by atoms with van der Waals surface area (Å²) in [5, 5.41) is 13.6. The van der Waals surface area contributed by atoms with Gasteiger partial charge in [-0.25, -0.2) is 4.98 Å². The van der Waals surface area contributed by atoms with Gasteiger partial charge in [0.05, 0.1) is 11.5 Å². The lowest BCUT2D eigenvalue weighted by atomic mass is 10.1. The molecule has 0 fully saturated rings. The molecule has 0 bridgehead atoms. The average Bonchev–Trinajstić information content (AvgIpc) is 2.58. The first-order valence-electron chi connectivity index (χ1n) is 8.63. The molecule has 7 heteroatoms. The number of hydrogen-bond acceptors (Lipinski definition) is 6. The first-order valence-corrected chi connectivity index (χ1v) is 8.63. The predicted octanol–water partition coefficient (Wildman–Crippen LogP) is 4.09. The van der Waals surface area contributed by atoms with Gasteiger partial charge in [0.15, 0.2) is 0 Å². The highest BCUT2D eigenvalue weighted by atomic mass is 16.6. The van der Waals surface area contributed by atoms with Crippen molar-refractivity contribution in [1.29, 1.82) is 0 Å². The maximum absolute atomic E-state index is 11.5. The Bertz CT molecular complexity index is 491. The van der Waals surface area contributed by atoms with E-state index in [2.05, 4.69) is 17.2 Å².